The van der Waals surface area contributed by atoms with Crippen LogP contribution in [-0.4, -0.2) is 19.6 Å². The Morgan fingerprint density at radius 2 is 2.18 bits per heavy atom. The van der Waals surface area contributed by atoms with Crippen molar-refractivity contribution in [1.82, 2.24) is 5.32 Å². The molecule has 0 fully saturated rings. The molecule has 17 heavy (non-hydrogen) atoms. The molecule has 0 aliphatic carbocycles. The number of rotatable bonds is 6. The van der Waals surface area contributed by atoms with Crippen LogP contribution in [-0.2, 0) is 0 Å². The molecule has 1 rings (SSSR count). The molecule has 4 heteroatoms. The van der Waals surface area contributed by atoms with Gasteiger partial charge in [0.25, 0.3) is 5.91 Å². The Morgan fingerprint density at radius 1 is 1.41 bits per heavy atom. The normalized spacial score (nSPS) is 10.0. The minimum Gasteiger partial charge on any atom is -0.497 e. The first-order valence-electron chi connectivity index (χ1n) is 5.90. The molecule has 94 valence electrons. The van der Waals surface area contributed by atoms with Crippen LogP contribution in [0.2, 0.25) is 0 Å². The van der Waals surface area contributed by atoms with E-state index in [1.165, 1.54) is 0 Å². The molecule has 0 aliphatic rings. The number of nitrogens with one attached hydrogen (secondary N) is 1. The number of hydrogen-bond donors (Lipinski definition) is 2. The van der Waals surface area contributed by atoms with Crippen molar-refractivity contribution in [3.05, 3.63) is 23.8 Å². The summed E-state index contributed by atoms with van der Waals surface area (Å²) in [5.74, 6) is 0.534. The first-order chi connectivity index (χ1) is 8.19. The number of carbonyl (C=O) groups excluding carboxylic acids is 1. The zero-order chi connectivity index (χ0) is 12.7. The van der Waals surface area contributed by atoms with Gasteiger partial charge in [-0.1, -0.05) is 19.8 Å². The van der Waals surface area contributed by atoms with E-state index < -0.39 is 0 Å². The second kappa shape index (κ2) is 6.78. The first kappa shape index (κ1) is 13.4. The van der Waals surface area contributed by atoms with Crippen LogP contribution in [0.4, 0.5) is 5.69 Å². The van der Waals surface area contributed by atoms with Crippen LogP contribution in [0, 0.1) is 0 Å². The third-order valence-corrected chi connectivity index (χ3v) is 2.57. The number of nitrogen functional groups attached to an aromatic ring is 1. The van der Waals surface area contributed by atoms with Crippen molar-refractivity contribution in [1.29, 1.82) is 0 Å². The highest BCUT2D eigenvalue weighted by atomic mass is 16.5. The molecule has 0 bridgehead atoms. The first-order valence-corrected chi connectivity index (χ1v) is 5.90. The van der Waals surface area contributed by atoms with Gasteiger partial charge in [0.05, 0.1) is 12.7 Å². The van der Waals surface area contributed by atoms with E-state index in [9.17, 15) is 4.79 Å². The van der Waals surface area contributed by atoms with E-state index in [0.717, 1.165) is 19.3 Å². The molecule has 0 atom stereocenters. The fraction of sp³-hybridized carbons (Fsp3) is 0.462. The van der Waals surface area contributed by atoms with Gasteiger partial charge in [0.15, 0.2) is 0 Å². The predicted octanol–water partition coefficient (Wildman–Crippen LogP) is 2.20. The maximum atomic E-state index is 11.8. The van der Waals surface area contributed by atoms with Crippen LogP contribution in [0.3, 0.4) is 0 Å². The van der Waals surface area contributed by atoms with Crippen LogP contribution in [0.1, 0.15) is 36.5 Å². The molecule has 3 N–H and O–H groups in total. The van der Waals surface area contributed by atoms with Crippen molar-refractivity contribution in [3.63, 3.8) is 0 Å². The Morgan fingerprint density at radius 3 is 2.76 bits per heavy atom. The zero-order valence-corrected chi connectivity index (χ0v) is 10.5. The van der Waals surface area contributed by atoms with Crippen LogP contribution >= 0.6 is 0 Å². The van der Waals surface area contributed by atoms with E-state index in [1.807, 2.05) is 0 Å². The Balaban J connectivity index is 2.57. The number of unbranched alkanes of at least 4 members (excludes halogenated alkanes) is 2. The van der Waals surface area contributed by atoms with Crippen molar-refractivity contribution in [2.45, 2.75) is 26.2 Å². The van der Waals surface area contributed by atoms with Gasteiger partial charge in [-0.05, 0) is 18.6 Å². The quantitative estimate of drug-likeness (QED) is 0.588. The number of amides is 1. The molecular formula is C13H20N2O2. The highest BCUT2D eigenvalue weighted by molar-refractivity contribution is 5.99. The second-order valence-electron chi connectivity index (χ2n) is 3.92. The van der Waals surface area contributed by atoms with Gasteiger partial charge in [0.2, 0.25) is 0 Å². The third-order valence-electron chi connectivity index (χ3n) is 2.57. The number of carbonyl (C=O) groups is 1. The molecule has 1 aromatic rings. The molecule has 0 radical (unpaired) electrons. The van der Waals surface area contributed by atoms with Gasteiger partial charge in [-0.2, -0.15) is 0 Å². The topological polar surface area (TPSA) is 64.3 Å². The van der Waals surface area contributed by atoms with Crippen LogP contribution in [0.5, 0.6) is 5.75 Å². The highest BCUT2D eigenvalue weighted by Crippen LogP contribution is 2.19. The molecule has 1 amide bonds. The lowest BCUT2D eigenvalue weighted by atomic mass is 10.1. The minimum absolute atomic E-state index is 0.124. The van der Waals surface area contributed by atoms with Crippen molar-refractivity contribution < 1.29 is 9.53 Å². The van der Waals surface area contributed by atoms with Gasteiger partial charge in [0, 0.05) is 18.3 Å². The molecule has 1 aromatic carbocycles. The maximum Gasteiger partial charge on any atom is 0.253 e. The summed E-state index contributed by atoms with van der Waals surface area (Å²) in [4.78, 5) is 11.8. The largest absolute Gasteiger partial charge is 0.497 e. The molecule has 0 aliphatic heterocycles. The summed E-state index contributed by atoms with van der Waals surface area (Å²) < 4.78 is 5.03. The molecule has 0 unspecified atom stereocenters. The molecule has 0 saturated heterocycles. The van der Waals surface area contributed by atoms with Gasteiger partial charge in [-0.25, -0.2) is 0 Å². The summed E-state index contributed by atoms with van der Waals surface area (Å²) >= 11 is 0. The van der Waals surface area contributed by atoms with Gasteiger partial charge in [-0.3, -0.25) is 4.79 Å². The SMILES string of the molecule is CCCCCNC(=O)c1ccc(OC)cc1N. The summed E-state index contributed by atoms with van der Waals surface area (Å²) in [6.45, 7) is 2.82. The van der Waals surface area contributed by atoms with E-state index in [2.05, 4.69) is 12.2 Å². The van der Waals surface area contributed by atoms with Gasteiger partial charge in [-0.15, -0.1) is 0 Å². The third kappa shape index (κ3) is 3.98. The number of methoxy groups -OCH3 is 1. The van der Waals surface area contributed by atoms with Crippen LogP contribution < -0.4 is 15.8 Å². The van der Waals surface area contributed by atoms with E-state index in [0.29, 0.717) is 23.5 Å². The summed E-state index contributed by atoms with van der Waals surface area (Å²) in [6, 6.07) is 5.07. The molecule has 4 nitrogen and oxygen atoms in total. The molecular weight excluding hydrogens is 216 g/mol. The van der Waals surface area contributed by atoms with E-state index in [4.69, 9.17) is 10.5 Å². The van der Waals surface area contributed by atoms with Crippen molar-refractivity contribution >= 4 is 11.6 Å². The Labute approximate surface area is 102 Å². The van der Waals surface area contributed by atoms with Gasteiger partial charge >= 0.3 is 0 Å². The highest BCUT2D eigenvalue weighted by Gasteiger charge is 2.09. The fourth-order valence-corrected chi connectivity index (χ4v) is 1.55. The second-order valence-corrected chi connectivity index (χ2v) is 3.92. The number of hydrogen-bond acceptors (Lipinski definition) is 3. The maximum absolute atomic E-state index is 11.8. The Bertz CT molecular complexity index is 378. The van der Waals surface area contributed by atoms with Crippen LogP contribution in [0.25, 0.3) is 0 Å². The molecule has 0 heterocycles. The number of ether oxygens (including phenoxy) is 1. The standard InChI is InChI=1S/C13H20N2O2/c1-3-4-5-8-15-13(16)11-7-6-10(17-2)9-12(11)14/h6-7,9H,3-5,8,14H2,1-2H3,(H,15,16). The van der Waals surface area contributed by atoms with E-state index >= 15 is 0 Å². The lowest BCUT2D eigenvalue weighted by molar-refractivity contribution is 0.0954. The Hall–Kier alpha value is -1.71. The summed E-state index contributed by atoms with van der Waals surface area (Å²) in [7, 11) is 1.57. The number of nitrogens with two attached hydrogens (primary N) is 1. The zero-order valence-electron chi connectivity index (χ0n) is 10.5. The minimum atomic E-state index is -0.124. The van der Waals surface area contributed by atoms with Crippen molar-refractivity contribution in [3.8, 4) is 5.75 Å². The van der Waals surface area contributed by atoms with Crippen molar-refractivity contribution in [2.75, 3.05) is 19.4 Å². The van der Waals surface area contributed by atoms with Crippen molar-refractivity contribution in [2.24, 2.45) is 0 Å². The number of anilines is 1. The summed E-state index contributed by atoms with van der Waals surface area (Å²) in [5, 5.41) is 2.85. The molecule has 0 aromatic heterocycles. The molecule has 0 spiro atoms. The van der Waals surface area contributed by atoms with E-state index in [-0.39, 0.29) is 5.91 Å². The smallest absolute Gasteiger partial charge is 0.253 e. The lowest BCUT2D eigenvalue weighted by Crippen LogP contribution is -2.25. The summed E-state index contributed by atoms with van der Waals surface area (Å²) in [6.07, 6.45) is 3.26. The van der Waals surface area contributed by atoms with Gasteiger partial charge < -0.3 is 15.8 Å². The average Bonchev–Trinajstić information content (AvgIpc) is 2.34. The summed E-state index contributed by atoms with van der Waals surface area (Å²) in [5.41, 5.74) is 6.73. The van der Waals surface area contributed by atoms with Gasteiger partial charge in [0.1, 0.15) is 5.75 Å². The Kier molecular flexibility index (Phi) is 5.33. The molecule has 0 saturated carbocycles. The fourth-order valence-electron chi connectivity index (χ4n) is 1.55. The van der Waals surface area contributed by atoms with E-state index in [1.54, 1.807) is 25.3 Å². The van der Waals surface area contributed by atoms with Crippen LogP contribution in [0.15, 0.2) is 18.2 Å². The average molecular weight is 236 g/mol. The monoisotopic (exact) mass is 236 g/mol. The predicted molar refractivity (Wildman–Crippen MR) is 69.3 cm³/mol. The number of benzene rings is 1. The lowest BCUT2D eigenvalue weighted by Gasteiger charge is -2.08.